The lowest BCUT2D eigenvalue weighted by molar-refractivity contribution is -0.107. The zero-order chi connectivity index (χ0) is 10.6. The molecule has 0 aliphatic rings. The van der Waals surface area contributed by atoms with Crippen molar-refractivity contribution in [2.24, 2.45) is 0 Å². The van der Waals surface area contributed by atoms with Gasteiger partial charge in [0.05, 0.1) is 0 Å². The lowest BCUT2D eigenvalue weighted by atomic mass is 10.1. The third kappa shape index (κ3) is 2.49. The van der Waals surface area contributed by atoms with Gasteiger partial charge in [-0.3, -0.25) is 0 Å². The summed E-state index contributed by atoms with van der Waals surface area (Å²) < 4.78 is 0. The summed E-state index contributed by atoms with van der Waals surface area (Å²) in [6.45, 7) is 4.34. The fourth-order valence-electron chi connectivity index (χ4n) is 1.33. The summed E-state index contributed by atoms with van der Waals surface area (Å²) in [7, 11) is 0. The predicted molar refractivity (Wildman–Crippen MR) is 56.8 cm³/mol. The van der Waals surface area contributed by atoms with E-state index < -0.39 is 0 Å². The van der Waals surface area contributed by atoms with E-state index in [0.717, 1.165) is 23.1 Å². The molecule has 0 heterocycles. The van der Waals surface area contributed by atoms with E-state index in [2.05, 4.69) is 5.32 Å². The minimum absolute atomic E-state index is 0.339. The number of carbonyl (C=O) groups is 1. The van der Waals surface area contributed by atoms with Gasteiger partial charge in [0, 0.05) is 18.7 Å². The van der Waals surface area contributed by atoms with Crippen LogP contribution in [-0.4, -0.2) is 17.9 Å². The number of anilines is 1. The highest BCUT2D eigenvalue weighted by molar-refractivity contribution is 5.56. The first-order valence-electron chi connectivity index (χ1n) is 4.63. The van der Waals surface area contributed by atoms with Gasteiger partial charge in [-0.05, 0) is 37.1 Å². The van der Waals surface area contributed by atoms with Crippen molar-refractivity contribution in [2.75, 3.05) is 11.9 Å². The van der Waals surface area contributed by atoms with Gasteiger partial charge < -0.3 is 15.2 Å². The van der Waals surface area contributed by atoms with Crippen LogP contribution in [0.1, 0.15) is 17.5 Å². The van der Waals surface area contributed by atoms with Crippen molar-refractivity contribution in [1.29, 1.82) is 0 Å². The van der Waals surface area contributed by atoms with Crippen molar-refractivity contribution in [2.45, 2.75) is 20.3 Å². The molecule has 2 N–H and O–H groups in total. The molecule has 3 heteroatoms. The number of phenols is 1. The van der Waals surface area contributed by atoms with Gasteiger partial charge in [-0.25, -0.2) is 0 Å². The smallest absolute Gasteiger partial charge is 0.121 e. The molecule has 0 aliphatic carbocycles. The van der Waals surface area contributed by atoms with Crippen LogP contribution in [0.25, 0.3) is 0 Å². The first-order valence-corrected chi connectivity index (χ1v) is 4.63. The molecule has 0 aliphatic heterocycles. The van der Waals surface area contributed by atoms with Crippen molar-refractivity contribution in [3.8, 4) is 5.75 Å². The molecular weight excluding hydrogens is 178 g/mol. The van der Waals surface area contributed by atoms with Gasteiger partial charge in [0.2, 0.25) is 0 Å². The fraction of sp³-hybridized carbons (Fsp3) is 0.364. The summed E-state index contributed by atoms with van der Waals surface area (Å²) in [6.07, 6.45) is 1.38. The highest BCUT2D eigenvalue weighted by Crippen LogP contribution is 2.25. The van der Waals surface area contributed by atoms with Gasteiger partial charge in [0.15, 0.2) is 0 Å². The summed E-state index contributed by atoms with van der Waals surface area (Å²) in [5, 5.41) is 12.6. The van der Waals surface area contributed by atoms with Gasteiger partial charge in [-0.2, -0.15) is 0 Å². The van der Waals surface area contributed by atoms with E-state index in [1.54, 1.807) is 0 Å². The van der Waals surface area contributed by atoms with E-state index in [-0.39, 0.29) is 0 Å². The molecule has 1 rings (SSSR count). The maximum Gasteiger partial charge on any atom is 0.121 e. The first-order chi connectivity index (χ1) is 6.65. The Kier molecular flexibility index (Phi) is 3.51. The Labute approximate surface area is 83.8 Å². The Hall–Kier alpha value is -1.51. The van der Waals surface area contributed by atoms with E-state index >= 15 is 0 Å². The molecule has 0 atom stereocenters. The van der Waals surface area contributed by atoms with Gasteiger partial charge in [0.25, 0.3) is 0 Å². The number of hydrogen-bond acceptors (Lipinski definition) is 3. The Morgan fingerprint density at radius 3 is 2.43 bits per heavy atom. The topological polar surface area (TPSA) is 49.3 Å². The molecule has 14 heavy (non-hydrogen) atoms. The lowest BCUT2D eigenvalue weighted by Gasteiger charge is -2.09. The van der Waals surface area contributed by atoms with Crippen LogP contribution in [0, 0.1) is 13.8 Å². The second-order valence-corrected chi connectivity index (χ2v) is 3.34. The molecule has 0 bridgehead atoms. The third-order valence-electron chi connectivity index (χ3n) is 2.08. The van der Waals surface area contributed by atoms with Gasteiger partial charge in [0.1, 0.15) is 12.0 Å². The van der Waals surface area contributed by atoms with Crippen molar-refractivity contribution in [1.82, 2.24) is 0 Å². The monoisotopic (exact) mass is 193 g/mol. The van der Waals surface area contributed by atoms with E-state index in [1.807, 2.05) is 26.0 Å². The maximum atomic E-state index is 10.1. The molecule has 0 amide bonds. The van der Waals surface area contributed by atoms with Crippen LogP contribution in [-0.2, 0) is 4.79 Å². The summed E-state index contributed by atoms with van der Waals surface area (Å²) in [5.41, 5.74) is 2.64. The van der Waals surface area contributed by atoms with Crippen LogP contribution in [0.5, 0.6) is 5.75 Å². The van der Waals surface area contributed by atoms with Crippen LogP contribution in [0.3, 0.4) is 0 Å². The summed E-state index contributed by atoms with van der Waals surface area (Å²) in [5.74, 6) is 0.339. The molecule has 1 aromatic carbocycles. The summed E-state index contributed by atoms with van der Waals surface area (Å²) >= 11 is 0. The summed E-state index contributed by atoms with van der Waals surface area (Å²) in [4.78, 5) is 10.1. The predicted octanol–water partition coefficient (Wildman–Crippen LogP) is 2.01. The molecule has 0 saturated heterocycles. The van der Waals surface area contributed by atoms with Crippen LogP contribution >= 0.6 is 0 Å². The molecule has 1 aromatic rings. The van der Waals surface area contributed by atoms with Gasteiger partial charge in [-0.15, -0.1) is 0 Å². The molecule has 3 nitrogen and oxygen atoms in total. The van der Waals surface area contributed by atoms with Crippen molar-refractivity contribution < 1.29 is 9.90 Å². The summed E-state index contributed by atoms with van der Waals surface area (Å²) in [6, 6.07) is 3.74. The molecule has 0 saturated carbocycles. The average molecular weight is 193 g/mol. The second kappa shape index (κ2) is 4.65. The Balaban J connectivity index is 2.74. The zero-order valence-corrected chi connectivity index (χ0v) is 8.50. The zero-order valence-electron chi connectivity index (χ0n) is 8.50. The number of carbonyl (C=O) groups excluding carboxylic acids is 1. The number of rotatable bonds is 4. The fourth-order valence-corrected chi connectivity index (χ4v) is 1.33. The third-order valence-corrected chi connectivity index (χ3v) is 2.08. The number of phenolic OH excluding ortho intramolecular Hbond substituents is 1. The van der Waals surface area contributed by atoms with E-state index in [9.17, 15) is 9.90 Å². The van der Waals surface area contributed by atoms with Crippen LogP contribution in [0.15, 0.2) is 12.1 Å². The average Bonchev–Trinajstić information content (AvgIpc) is 2.14. The molecule has 0 unspecified atom stereocenters. The van der Waals surface area contributed by atoms with E-state index in [4.69, 9.17) is 0 Å². The van der Waals surface area contributed by atoms with Crippen molar-refractivity contribution in [3.05, 3.63) is 23.3 Å². The molecular formula is C11H15NO2. The normalized spacial score (nSPS) is 9.86. The molecule has 0 fully saturated rings. The number of aryl methyl sites for hydroxylation is 2. The minimum Gasteiger partial charge on any atom is -0.507 e. The van der Waals surface area contributed by atoms with Crippen LogP contribution < -0.4 is 5.32 Å². The minimum atomic E-state index is 0.339. The molecule has 76 valence electrons. The number of benzene rings is 1. The Morgan fingerprint density at radius 2 is 1.93 bits per heavy atom. The molecule has 0 spiro atoms. The first kappa shape index (κ1) is 10.6. The SMILES string of the molecule is Cc1cc(NCCC=O)cc(C)c1O. The number of aromatic hydroxyl groups is 1. The van der Waals surface area contributed by atoms with Crippen molar-refractivity contribution in [3.63, 3.8) is 0 Å². The second-order valence-electron chi connectivity index (χ2n) is 3.34. The van der Waals surface area contributed by atoms with E-state index in [0.29, 0.717) is 18.7 Å². The highest BCUT2D eigenvalue weighted by atomic mass is 16.3. The Bertz CT molecular complexity index is 311. The number of nitrogens with one attached hydrogen (secondary N) is 1. The molecule has 0 aromatic heterocycles. The standard InChI is InChI=1S/C11H15NO2/c1-8-6-10(12-4-3-5-13)7-9(2)11(8)14/h5-7,12,14H,3-4H2,1-2H3. The number of hydrogen-bond donors (Lipinski definition) is 2. The largest absolute Gasteiger partial charge is 0.507 e. The Morgan fingerprint density at radius 1 is 1.36 bits per heavy atom. The van der Waals surface area contributed by atoms with E-state index in [1.165, 1.54) is 0 Å². The highest BCUT2D eigenvalue weighted by Gasteiger charge is 2.02. The van der Waals surface area contributed by atoms with Gasteiger partial charge in [-0.1, -0.05) is 0 Å². The lowest BCUT2D eigenvalue weighted by Crippen LogP contribution is -2.02. The maximum absolute atomic E-state index is 10.1. The van der Waals surface area contributed by atoms with Gasteiger partial charge >= 0.3 is 0 Å². The quantitative estimate of drug-likeness (QED) is 0.437. The van der Waals surface area contributed by atoms with Crippen molar-refractivity contribution >= 4 is 12.0 Å². The van der Waals surface area contributed by atoms with Crippen LogP contribution in [0.2, 0.25) is 0 Å². The van der Waals surface area contributed by atoms with Crippen LogP contribution in [0.4, 0.5) is 5.69 Å². The molecule has 0 radical (unpaired) electrons. The number of aldehydes is 1.